The fourth-order valence-corrected chi connectivity index (χ4v) is 3.72. The normalized spacial score (nSPS) is 11.0. The Hall–Kier alpha value is -2.58. The van der Waals surface area contributed by atoms with E-state index in [1.54, 1.807) is 17.4 Å². The quantitative estimate of drug-likeness (QED) is 0.384. The lowest BCUT2D eigenvalue weighted by Gasteiger charge is -2.20. The number of carbonyl (C=O) groups is 1. The minimum absolute atomic E-state index is 0.344. The molecule has 0 radical (unpaired) electrons. The zero-order chi connectivity index (χ0) is 20.6. The van der Waals surface area contributed by atoms with E-state index in [2.05, 4.69) is 26.7 Å². The van der Waals surface area contributed by atoms with E-state index >= 15 is 0 Å². The van der Waals surface area contributed by atoms with Crippen molar-refractivity contribution in [3.63, 3.8) is 0 Å². The molecule has 0 fully saturated rings. The van der Waals surface area contributed by atoms with Crippen molar-refractivity contribution in [3.8, 4) is 0 Å². The van der Waals surface area contributed by atoms with Crippen molar-refractivity contribution in [3.05, 3.63) is 54.1 Å². The summed E-state index contributed by atoms with van der Waals surface area (Å²) in [5, 5.41) is 0. The van der Waals surface area contributed by atoms with Crippen LogP contribution >= 0.6 is 11.9 Å². The number of hydrogen-bond donors (Lipinski definition) is 0. The second-order valence-corrected chi connectivity index (χ2v) is 7.44. The Morgan fingerprint density at radius 1 is 1.17 bits per heavy atom. The first-order valence-corrected chi connectivity index (χ1v) is 10.5. The standard InChI is InChI=1S/C21H26N4O3S/c1-4-27-13-12-25(21(26)28-5-2)29-18-8-6-17(7-9-18)15-24-16(3)23-19-10-11-22-14-20(19)24/h6-11,14H,4-5,12-13,15H2,1-3H3. The summed E-state index contributed by atoms with van der Waals surface area (Å²) < 4.78 is 14.3. The minimum Gasteiger partial charge on any atom is -0.449 e. The number of pyridine rings is 1. The number of rotatable bonds is 9. The number of hydrogen-bond acceptors (Lipinski definition) is 6. The monoisotopic (exact) mass is 414 g/mol. The smallest absolute Gasteiger partial charge is 0.420 e. The Bertz CT molecular complexity index is 943. The largest absolute Gasteiger partial charge is 0.449 e. The number of imidazole rings is 1. The van der Waals surface area contributed by atoms with Crippen molar-refractivity contribution in [2.24, 2.45) is 0 Å². The summed E-state index contributed by atoms with van der Waals surface area (Å²) in [7, 11) is 0. The summed E-state index contributed by atoms with van der Waals surface area (Å²) in [6.07, 6.45) is 3.25. The molecule has 0 N–H and O–H groups in total. The summed E-state index contributed by atoms with van der Waals surface area (Å²) >= 11 is 1.36. The minimum atomic E-state index is -0.353. The molecular weight excluding hydrogens is 388 g/mol. The van der Waals surface area contributed by atoms with Gasteiger partial charge in [0, 0.05) is 24.2 Å². The number of aromatic nitrogens is 3. The Labute approximate surface area is 175 Å². The van der Waals surface area contributed by atoms with Gasteiger partial charge in [-0.25, -0.2) is 14.1 Å². The van der Waals surface area contributed by atoms with Gasteiger partial charge in [0.25, 0.3) is 0 Å². The summed E-state index contributed by atoms with van der Waals surface area (Å²) in [5.74, 6) is 0.955. The number of benzene rings is 1. The van der Waals surface area contributed by atoms with Crippen molar-refractivity contribution in [1.82, 2.24) is 18.8 Å². The van der Waals surface area contributed by atoms with Gasteiger partial charge in [-0.15, -0.1) is 0 Å². The molecule has 7 nitrogen and oxygen atoms in total. The average molecular weight is 415 g/mol. The Balaban J connectivity index is 1.69. The zero-order valence-corrected chi connectivity index (χ0v) is 17.8. The number of nitrogens with zero attached hydrogens (tertiary/aromatic N) is 4. The van der Waals surface area contributed by atoms with E-state index in [9.17, 15) is 4.79 Å². The number of ether oxygens (including phenoxy) is 2. The lowest BCUT2D eigenvalue weighted by Crippen LogP contribution is -2.28. The highest BCUT2D eigenvalue weighted by Crippen LogP contribution is 2.24. The highest BCUT2D eigenvalue weighted by Gasteiger charge is 2.16. The number of carbonyl (C=O) groups excluding carboxylic acids is 1. The molecule has 0 saturated heterocycles. The van der Waals surface area contributed by atoms with Crippen LogP contribution in [0.5, 0.6) is 0 Å². The molecule has 0 bridgehead atoms. The topological polar surface area (TPSA) is 69.5 Å². The number of fused-ring (bicyclic) bond motifs is 1. The molecule has 1 aromatic carbocycles. The molecule has 29 heavy (non-hydrogen) atoms. The Kier molecular flexibility index (Phi) is 7.48. The van der Waals surface area contributed by atoms with Gasteiger partial charge in [0.2, 0.25) is 0 Å². The summed E-state index contributed by atoms with van der Waals surface area (Å²) in [5.41, 5.74) is 3.12. The summed E-state index contributed by atoms with van der Waals surface area (Å²) in [6, 6.07) is 10.1. The van der Waals surface area contributed by atoms with Crippen LogP contribution in [0, 0.1) is 6.92 Å². The van der Waals surface area contributed by atoms with Crippen molar-refractivity contribution < 1.29 is 14.3 Å². The van der Waals surface area contributed by atoms with Gasteiger partial charge in [-0.2, -0.15) is 0 Å². The molecular formula is C21H26N4O3S. The first kappa shape index (κ1) is 21.1. The Morgan fingerprint density at radius 3 is 2.69 bits per heavy atom. The molecule has 0 spiro atoms. The molecule has 8 heteroatoms. The maximum Gasteiger partial charge on any atom is 0.420 e. The fraction of sp³-hybridized carbons (Fsp3) is 0.381. The predicted molar refractivity (Wildman–Crippen MR) is 114 cm³/mol. The van der Waals surface area contributed by atoms with Crippen LogP contribution in [0.25, 0.3) is 11.0 Å². The molecule has 3 rings (SSSR count). The second kappa shape index (κ2) is 10.3. The molecule has 0 aliphatic carbocycles. The van der Waals surface area contributed by atoms with E-state index in [0.29, 0.717) is 32.9 Å². The van der Waals surface area contributed by atoms with E-state index in [4.69, 9.17) is 9.47 Å². The molecule has 1 amide bonds. The zero-order valence-electron chi connectivity index (χ0n) is 17.0. The van der Waals surface area contributed by atoms with Gasteiger partial charge >= 0.3 is 6.09 Å². The highest BCUT2D eigenvalue weighted by molar-refractivity contribution is 7.97. The van der Waals surface area contributed by atoms with E-state index in [1.807, 2.05) is 38.2 Å². The maximum absolute atomic E-state index is 12.2. The summed E-state index contributed by atoms with van der Waals surface area (Å²) in [6.45, 7) is 8.35. The van der Waals surface area contributed by atoms with E-state index in [-0.39, 0.29) is 6.09 Å². The molecule has 0 aliphatic rings. The van der Waals surface area contributed by atoms with Gasteiger partial charge in [0.1, 0.15) is 5.82 Å². The molecule has 3 aromatic rings. The third kappa shape index (κ3) is 5.48. The third-order valence-corrected chi connectivity index (χ3v) is 5.37. The Morgan fingerprint density at radius 2 is 1.97 bits per heavy atom. The van der Waals surface area contributed by atoms with Crippen LogP contribution in [0.1, 0.15) is 25.2 Å². The van der Waals surface area contributed by atoms with Crippen LogP contribution in [0.2, 0.25) is 0 Å². The second-order valence-electron chi connectivity index (χ2n) is 6.34. The fourth-order valence-electron chi connectivity index (χ4n) is 2.92. The van der Waals surface area contributed by atoms with Crippen molar-refractivity contribution in [2.75, 3.05) is 26.4 Å². The molecule has 2 aromatic heterocycles. The van der Waals surface area contributed by atoms with Gasteiger partial charge in [0.05, 0.1) is 37.0 Å². The highest BCUT2D eigenvalue weighted by atomic mass is 32.2. The maximum atomic E-state index is 12.2. The van der Waals surface area contributed by atoms with Crippen LogP contribution in [0.3, 0.4) is 0 Å². The lowest BCUT2D eigenvalue weighted by molar-refractivity contribution is 0.109. The van der Waals surface area contributed by atoms with Crippen LogP contribution in [-0.4, -0.2) is 51.3 Å². The van der Waals surface area contributed by atoms with Gasteiger partial charge in [-0.3, -0.25) is 4.98 Å². The van der Waals surface area contributed by atoms with E-state index < -0.39 is 0 Å². The molecule has 0 aliphatic heterocycles. The molecule has 0 atom stereocenters. The van der Waals surface area contributed by atoms with Crippen LogP contribution < -0.4 is 0 Å². The summed E-state index contributed by atoms with van der Waals surface area (Å²) in [4.78, 5) is 22.0. The molecule has 2 heterocycles. The predicted octanol–water partition coefficient (Wildman–Crippen LogP) is 4.29. The SMILES string of the molecule is CCOCCN(Sc1ccc(Cn2c(C)nc3ccncc32)cc1)C(=O)OCC. The van der Waals surface area contributed by atoms with Crippen molar-refractivity contribution >= 4 is 29.1 Å². The van der Waals surface area contributed by atoms with Gasteiger partial charge < -0.3 is 14.0 Å². The van der Waals surface area contributed by atoms with E-state index in [0.717, 1.165) is 27.3 Å². The molecule has 0 saturated carbocycles. The molecule has 154 valence electrons. The van der Waals surface area contributed by atoms with Crippen LogP contribution in [0.4, 0.5) is 4.79 Å². The van der Waals surface area contributed by atoms with E-state index in [1.165, 1.54) is 11.9 Å². The van der Waals surface area contributed by atoms with Crippen LogP contribution in [-0.2, 0) is 16.0 Å². The van der Waals surface area contributed by atoms with Crippen molar-refractivity contribution in [2.45, 2.75) is 32.2 Å². The van der Waals surface area contributed by atoms with Crippen molar-refractivity contribution in [1.29, 1.82) is 0 Å². The van der Waals surface area contributed by atoms with Crippen LogP contribution in [0.15, 0.2) is 47.6 Å². The van der Waals surface area contributed by atoms with Gasteiger partial charge in [-0.1, -0.05) is 12.1 Å². The molecule has 0 unspecified atom stereocenters. The number of amides is 1. The van der Waals surface area contributed by atoms with Gasteiger partial charge in [0.15, 0.2) is 0 Å². The first-order chi connectivity index (χ1) is 14.1. The number of aryl methyl sites for hydroxylation is 1. The average Bonchev–Trinajstić information content (AvgIpc) is 3.04. The first-order valence-electron chi connectivity index (χ1n) is 9.68. The van der Waals surface area contributed by atoms with Gasteiger partial charge in [-0.05, 0) is 56.5 Å². The third-order valence-electron chi connectivity index (χ3n) is 4.34. The lowest BCUT2D eigenvalue weighted by atomic mass is 10.2.